The molecular formula is C10H13F3N2O2S. The lowest BCUT2D eigenvalue weighted by molar-refractivity contribution is -0.139. The van der Waals surface area contributed by atoms with Crippen molar-refractivity contribution in [1.29, 1.82) is 0 Å². The Bertz CT molecular complexity index is 514. The first-order chi connectivity index (χ1) is 8.18. The van der Waals surface area contributed by atoms with E-state index < -0.39 is 32.7 Å². The third-order valence-electron chi connectivity index (χ3n) is 2.19. The molecule has 18 heavy (non-hydrogen) atoms. The van der Waals surface area contributed by atoms with Crippen LogP contribution in [0, 0.1) is 0 Å². The molecule has 0 aliphatic heterocycles. The molecule has 4 nitrogen and oxygen atoms in total. The van der Waals surface area contributed by atoms with E-state index >= 15 is 0 Å². The zero-order valence-corrected chi connectivity index (χ0v) is 10.3. The molecule has 0 aliphatic rings. The third kappa shape index (κ3) is 3.44. The van der Waals surface area contributed by atoms with Gasteiger partial charge >= 0.3 is 6.18 Å². The lowest BCUT2D eigenvalue weighted by Gasteiger charge is -2.16. The van der Waals surface area contributed by atoms with Crippen molar-refractivity contribution in [3.63, 3.8) is 0 Å². The summed E-state index contributed by atoms with van der Waals surface area (Å²) in [5, 5.41) is 0. The normalized spacial score (nSPS) is 14.5. The van der Waals surface area contributed by atoms with Crippen LogP contribution in [0.2, 0.25) is 0 Å². The first-order valence-corrected chi connectivity index (χ1v) is 6.55. The molecule has 0 saturated carbocycles. The van der Waals surface area contributed by atoms with Crippen LogP contribution in [0.5, 0.6) is 0 Å². The molecule has 0 aliphatic carbocycles. The smallest absolute Gasteiger partial charge is 0.329 e. The van der Waals surface area contributed by atoms with Crippen molar-refractivity contribution >= 4 is 10.0 Å². The Labute approximate surface area is 103 Å². The van der Waals surface area contributed by atoms with E-state index in [1.165, 1.54) is 13.0 Å². The van der Waals surface area contributed by atoms with Crippen molar-refractivity contribution < 1.29 is 21.6 Å². The first-order valence-electron chi connectivity index (χ1n) is 5.07. The third-order valence-corrected chi connectivity index (χ3v) is 3.84. The molecule has 0 heterocycles. The Morgan fingerprint density at radius 1 is 1.33 bits per heavy atom. The molecule has 0 radical (unpaired) electrons. The van der Waals surface area contributed by atoms with Gasteiger partial charge in [-0.3, -0.25) is 0 Å². The van der Waals surface area contributed by atoms with Gasteiger partial charge in [-0.15, -0.1) is 0 Å². The maximum absolute atomic E-state index is 12.7. The van der Waals surface area contributed by atoms with E-state index in [0.29, 0.717) is 0 Å². The van der Waals surface area contributed by atoms with Crippen molar-refractivity contribution in [2.24, 2.45) is 5.73 Å². The summed E-state index contributed by atoms with van der Waals surface area (Å²) >= 11 is 0. The first kappa shape index (κ1) is 14.9. The second-order valence-electron chi connectivity index (χ2n) is 3.75. The monoisotopic (exact) mass is 282 g/mol. The quantitative estimate of drug-likeness (QED) is 0.875. The summed E-state index contributed by atoms with van der Waals surface area (Å²) in [6, 6.07) is 3.36. The fourth-order valence-electron chi connectivity index (χ4n) is 1.31. The van der Waals surface area contributed by atoms with E-state index in [4.69, 9.17) is 5.73 Å². The number of nitrogens with one attached hydrogen (secondary N) is 1. The van der Waals surface area contributed by atoms with Gasteiger partial charge in [-0.05, 0) is 19.1 Å². The minimum absolute atomic E-state index is 0.00653. The SMILES string of the molecule is C[C@@H](CN)NS(=O)(=O)c1ccccc1C(F)(F)F. The largest absolute Gasteiger partial charge is 0.417 e. The van der Waals surface area contributed by atoms with Crippen molar-refractivity contribution in [1.82, 2.24) is 4.72 Å². The van der Waals surface area contributed by atoms with E-state index in [0.717, 1.165) is 18.2 Å². The van der Waals surface area contributed by atoms with Crippen molar-refractivity contribution in [3.05, 3.63) is 29.8 Å². The number of benzene rings is 1. The number of rotatable bonds is 4. The number of hydrogen-bond donors (Lipinski definition) is 2. The minimum Gasteiger partial charge on any atom is -0.329 e. The topological polar surface area (TPSA) is 72.2 Å². The van der Waals surface area contributed by atoms with Gasteiger partial charge < -0.3 is 5.73 Å². The number of halogens is 3. The number of hydrogen-bond acceptors (Lipinski definition) is 3. The number of alkyl halides is 3. The van der Waals surface area contributed by atoms with Gasteiger partial charge in [0.2, 0.25) is 10.0 Å². The van der Waals surface area contributed by atoms with Crippen LogP contribution in [0.1, 0.15) is 12.5 Å². The molecule has 0 spiro atoms. The summed E-state index contributed by atoms with van der Waals surface area (Å²) in [6.45, 7) is 1.46. The average molecular weight is 282 g/mol. The van der Waals surface area contributed by atoms with E-state index in [9.17, 15) is 21.6 Å². The van der Waals surface area contributed by atoms with Crippen LogP contribution in [0.15, 0.2) is 29.2 Å². The van der Waals surface area contributed by atoms with Crippen LogP contribution >= 0.6 is 0 Å². The van der Waals surface area contributed by atoms with Crippen LogP contribution in [0.25, 0.3) is 0 Å². The molecule has 8 heteroatoms. The zero-order valence-electron chi connectivity index (χ0n) is 9.53. The molecule has 1 rings (SSSR count). The van der Waals surface area contributed by atoms with Crippen LogP contribution in [0.4, 0.5) is 13.2 Å². The highest BCUT2D eigenvalue weighted by molar-refractivity contribution is 7.89. The van der Waals surface area contributed by atoms with Gasteiger partial charge in [0.1, 0.15) is 0 Å². The summed E-state index contributed by atoms with van der Waals surface area (Å²) in [7, 11) is -4.24. The van der Waals surface area contributed by atoms with Gasteiger partial charge in [0.05, 0.1) is 10.5 Å². The van der Waals surface area contributed by atoms with Crippen molar-refractivity contribution in [2.45, 2.75) is 24.0 Å². The van der Waals surface area contributed by atoms with E-state index in [1.54, 1.807) is 0 Å². The molecule has 0 bridgehead atoms. The van der Waals surface area contributed by atoms with Gasteiger partial charge in [0.15, 0.2) is 0 Å². The summed E-state index contributed by atoms with van der Waals surface area (Å²) < 4.78 is 63.7. The molecule has 0 saturated heterocycles. The standard InChI is InChI=1S/C10H13F3N2O2S/c1-7(6-14)15-18(16,17)9-5-3-2-4-8(9)10(11,12)13/h2-5,7,15H,6,14H2,1H3/t7-/m0/s1. The van der Waals surface area contributed by atoms with Gasteiger partial charge in [-0.1, -0.05) is 12.1 Å². The Kier molecular flexibility index (Phi) is 4.36. The predicted octanol–water partition coefficient (Wildman–Crippen LogP) is 1.33. The fourth-order valence-corrected chi connectivity index (χ4v) is 2.80. The lowest BCUT2D eigenvalue weighted by atomic mass is 10.2. The fraction of sp³-hybridized carbons (Fsp3) is 0.400. The Morgan fingerprint density at radius 2 is 1.89 bits per heavy atom. The molecule has 0 unspecified atom stereocenters. The van der Waals surface area contributed by atoms with Gasteiger partial charge in [0, 0.05) is 12.6 Å². The molecular weight excluding hydrogens is 269 g/mol. The maximum Gasteiger partial charge on any atom is 0.417 e. The Hall–Kier alpha value is -1.12. The van der Waals surface area contributed by atoms with Gasteiger partial charge in [0.25, 0.3) is 0 Å². The van der Waals surface area contributed by atoms with E-state index in [2.05, 4.69) is 4.72 Å². The lowest BCUT2D eigenvalue weighted by Crippen LogP contribution is -2.38. The Balaban J connectivity index is 3.25. The number of sulfonamides is 1. The molecule has 1 aromatic rings. The Morgan fingerprint density at radius 3 is 2.39 bits per heavy atom. The van der Waals surface area contributed by atoms with Crippen LogP contribution in [-0.2, 0) is 16.2 Å². The average Bonchev–Trinajstić information content (AvgIpc) is 2.27. The molecule has 0 fully saturated rings. The zero-order chi connectivity index (χ0) is 14.0. The highest BCUT2D eigenvalue weighted by Gasteiger charge is 2.36. The molecule has 102 valence electrons. The highest BCUT2D eigenvalue weighted by atomic mass is 32.2. The molecule has 0 amide bonds. The second kappa shape index (κ2) is 5.25. The highest BCUT2D eigenvalue weighted by Crippen LogP contribution is 2.33. The van der Waals surface area contributed by atoms with Crippen LogP contribution in [-0.4, -0.2) is 21.0 Å². The molecule has 0 aromatic heterocycles. The molecule has 1 aromatic carbocycles. The van der Waals surface area contributed by atoms with Crippen molar-refractivity contribution in [3.8, 4) is 0 Å². The second-order valence-corrected chi connectivity index (χ2v) is 5.43. The van der Waals surface area contributed by atoms with Crippen LogP contribution < -0.4 is 10.5 Å². The minimum atomic E-state index is -4.72. The number of nitrogens with two attached hydrogens (primary N) is 1. The van der Waals surface area contributed by atoms with Crippen molar-refractivity contribution in [2.75, 3.05) is 6.54 Å². The van der Waals surface area contributed by atoms with E-state index in [-0.39, 0.29) is 6.54 Å². The maximum atomic E-state index is 12.7. The summed E-state index contributed by atoms with van der Waals surface area (Å²) in [5.74, 6) is 0. The van der Waals surface area contributed by atoms with Gasteiger partial charge in [-0.25, -0.2) is 13.1 Å². The summed E-state index contributed by atoms with van der Waals surface area (Å²) in [5.41, 5.74) is 4.04. The molecule has 1 atom stereocenters. The summed E-state index contributed by atoms with van der Waals surface area (Å²) in [6.07, 6.45) is -4.72. The predicted molar refractivity (Wildman–Crippen MR) is 60.3 cm³/mol. The molecule has 3 N–H and O–H groups in total. The van der Waals surface area contributed by atoms with Gasteiger partial charge in [-0.2, -0.15) is 13.2 Å². The van der Waals surface area contributed by atoms with Crippen LogP contribution in [0.3, 0.4) is 0 Å². The van der Waals surface area contributed by atoms with E-state index in [1.807, 2.05) is 0 Å². The summed E-state index contributed by atoms with van der Waals surface area (Å²) in [4.78, 5) is -0.794.